The molecular weight excluding hydrogens is 270 g/mol. The highest BCUT2D eigenvalue weighted by atomic mass is 32.2. The molecule has 0 spiro atoms. The lowest BCUT2D eigenvalue weighted by Gasteiger charge is -2.08. The summed E-state index contributed by atoms with van der Waals surface area (Å²) in [6.45, 7) is 0.880. The van der Waals surface area contributed by atoms with Gasteiger partial charge in [0.2, 0.25) is 0 Å². The molecule has 0 aliphatic carbocycles. The minimum absolute atomic E-state index is 0.0919. The van der Waals surface area contributed by atoms with Crippen LogP contribution < -0.4 is 0 Å². The van der Waals surface area contributed by atoms with Gasteiger partial charge in [0.1, 0.15) is 6.61 Å². The minimum Gasteiger partial charge on any atom is -0.481 e. The van der Waals surface area contributed by atoms with Crippen molar-refractivity contribution in [2.75, 3.05) is 5.75 Å². The Bertz CT molecular complexity index is 539. The number of rotatable bonds is 7. The molecule has 0 atom stereocenters. The van der Waals surface area contributed by atoms with Crippen LogP contribution in [0.3, 0.4) is 0 Å². The maximum absolute atomic E-state index is 10.6. The van der Waals surface area contributed by atoms with Gasteiger partial charge in [-0.05, 0) is 6.07 Å². The van der Waals surface area contributed by atoms with E-state index in [1.807, 2.05) is 12.3 Å². The van der Waals surface area contributed by atoms with Crippen molar-refractivity contribution in [3.8, 4) is 0 Å². The highest BCUT2D eigenvalue weighted by molar-refractivity contribution is 7.99. The molecule has 19 heavy (non-hydrogen) atoms. The summed E-state index contributed by atoms with van der Waals surface area (Å²) in [5.74, 6) is -0.595. The first-order valence-corrected chi connectivity index (χ1v) is 6.54. The van der Waals surface area contributed by atoms with E-state index >= 15 is 0 Å². The van der Waals surface area contributed by atoms with Crippen molar-refractivity contribution in [2.24, 2.45) is 0 Å². The number of carboxylic acid groups (broad SMARTS) is 1. The molecule has 0 aliphatic rings. The van der Waals surface area contributed by atoms with Crippen molar-refractivity contribution in [1.29, 1.82) is 0 Å². The number of thioether (sulfide) groups is 1. The zero-order chi connectivity index (χ0) is 13.7. The largest absolute Gasteiger partial charge is 0.481 e. The third-order valence-corrected chi connectivity index (χ3v) is 3.32. The Labute approximate surface area is 113 Å². The fourth-order valence-corrected chi connectivity index (χ4v) is 2.23. The number of aromatic nitrogens is 5. The third kappa shape index (κ3) is 3.55. The van der Waals surface area contributed by atoms with E-state index in [2.05, 4.69) is 15.3 Å². The van der Waals surface area contributed by atoms with E-state index in [4.69, 9.17) is 5.11 Å². The quantitative estimate of drug-likeness (QED) is 0.680. The standard InChI is InChI=1S/C10H13N5O3S/c16-6-8-12-13-10(19-7-9(17)18)15(8)5-4-14-3-1-2-11-14/h1-3,16H,4-7H2,(H,17,18). The second-order valence-electron chi connectivity index (χ2n) is 3.66. The topological polar surface area (TPSA) is 106 Å². The van der Waals surface area contributed by atoms with Gasteiger partial charge >= 0.3 is 5.97 Å². The number of aryl methyl sites for hydroxylation is 1. The number of aliphatic hydroxyl groups excluding tert-OH is 1. The first kappa shape index (κ1) is 13.6. The van der Waals surface area contributed by atoms with Crippen molar-refractivity contribution < 1.29 is 15.0 Å². The van der Waals surface area contributed by atoms with Crippen molar-refractivity contribution in [3.63, 3.8) is 0 Å². The van der Waals surface area contributed by atoms with Gasteiger partial charge < -0.3 is 14.8 Å². The number of carbonyl (C=O) groups is 1. The molecule has 9 heteroatoms. The zero-order valence-corrected chi connectivity index (χ0v) is 10.8. The summed E-state index contributed by atoms with van der Waals surface area (Å²) in [7, 11) is 0. The lowest BCUT2D eigenvalue weighted by molar-refractivity contribution is -0.133. The third-order valence-electron chi connectivity index (χ3n) is 2.37. The monoisotopic (exact) mass is 283 g/mol. The van der Waals surface area contributed by atoms with E-state index in [0.29, 0.717) is 24.1 Å². The predicted octanol–water partition coefficient (Wildman–Crippen LogP) is -0.156. The Morgan fingerprint density at radius 3 is 2.84 bits per heavy atom. The molecular formula is C10H13N5O3S. The van der Waals surface area contributed by atoms with Crippen LogP contribution in [0.25, 0.3) is 0 Å². The number of nitrogens with zero attached hydrogens (tertiary/aromatic N) is 5. The fourth-order valence-electron chi connectivity index (χ4n) is 1.53. The van der Waals surface area contributed by atoms with Crippen LogP contribution in [0.4, 0.5) is 0 Å². The van der Waals surface area contributed by atoms with Crippen LogP contribution in [-0.2, 0) is 24.5 Å². The second-order valence-corrected chi connectivity index (χ2v) is 4.60. The van der Waals surface area contributed by atoms with E-state index in [1.165, 1.54) is 0 Å². The normalized spacial score (nSPS) is 10.8. The fraction of sp³-hybridized carbons (Fsp3) is 0.400. The molecule has 0 unspecified atom stereocenters. The lowest BCUT2D eigenvalue weighted by atomic mass is 10.5. The van der Waals surface area contributed by atoms with Crippen LogP contribution in [0.1, 0.15) is 5.82 Å². The Morgan fingerprint density at radius 2 is 2.21 bits per heavy atom. The van der Waals surface area contributed by atoms with Crippen molar-refractivity contribution in [3.05, 3.63) is 24.3 Å². The second kappa shape index (κ2) is 6.34. The van der Waals surface area contributed by atoms with Crippen LogP contribution in [0.2, 0.25) is 0 Å². The molecule has 0 saturated heterocycles. The first-order valence-electron chi connectivity index (χ1n) is 5.55. The Kier molecular flexibility index (Phi) is 4.53. The maximum Gasteiger partial charge on any atom is 0.313 e. The van der Waals surface area contributed by atoms with Gasteiger partial charge in [-0.25, -0.2) is 0 Å². The number of hydrogen-bond donors (Lipinski definition) is 2. The van der Waals surface area contributed by atoms with Gasteiger partial charge in [0.15, 0.2) is 11.0 Å². The van der Waals surface area contributed by atoms with Gasteiger partial charge in [0.25, 0.3) is 0 Å². The summed E-state index contributed by atoms with van der Waals surface area (Å²) in [5, 5.41) is 30.1. The lowest BCUT2D eigenvalue weighted by Crippen LogP contribution is -2.12. The predicted molar refractivity (Wildman–Crippen MR) is 66.5 cm³/mol. The van der Waals surface area contributed by atoms with E-state index in [0.717, 1.165) is 11.8 Å². The van der Waals surface area contributed by atoms with E-state index in [-0.39, 0.29) is 12.4 Å². The molecule has 0 fully saturated rings. The van der Waals surface area contributed by atoms with E-state index < -0.39 is 5.97 Å². The number of aliphatic hydroxyl groups is 1. The highest BCUT2D eigenvalue weighted by Gasteiger charge is 2.13. The molecule has 102 valence electrons. The van der Waals surface area contributed by atoms with Crippen molar-refractivity contribution >= 4 is 17.7 Å². The van der Waals surface area contributed by atoms with Gasteiger partial charge in [0.05, 0.1) is 12.3 Å². The SMILES string of the molecule is O=C(O)CSc1nnc(CO)n1CCn1cccn1. The minimum atomic E-state index is -0.919. The Hall–Kier alpha value is -1.87. The molecule has 2 rings (SSSR count). The number of aliphatic carboxylic acids is 1. The number of carboxylic acids is 1. The molecule has 0 aliphatic heterocycles. The summed E-state index contributed by atoms with van der Waals surface area (Å²) in [6.07, 6.45) is 3.51. The first-order chi connectivity index (χ1) is 9.20. The molecule has 2 aromatic heterocycles. The molecule has 0 saturated carbocycles. The smallest absolute Gasteiger partial charge is 0.313 e. The zero-order valence-electron chi connectivity index (χ0n) is 10.0. The van der Waals surface area contributed by atoms with Gasteiger partial charge in [-0.1, -0.05) is 11.8 Å². The summed E-state index contributed by atoms with van der Waals surface area (Å²) in [5.41, 5.74) is 0. The molecule has 2 N–H and O–H groups in total. The Morgan fingerprint density at radius 1 is 1.37 bits per heavy atom. The van der Waals surface area contributed by atoms with Gasteiger partial charge in [-0.15, -0.1) is 10.2 Å². The average Bonchev–Trinajstić information content (AvgIpc) is 3.02. The van der Waals surface area contributed by atoms with Gasteiger partial charge in [-0.3, -0.25) is 9.48 Å². The average molecular weight is 283 g/mol. The van der Waals surface area contributed by atoms with Crippen LogP contribution in [0.5, 0.6) is 0 Å². The molecule has 0 aromatic carbocycles. The van der Waals surface area contributed by atoms with Gasteiger partial charge in [-0.2, -0.15) is 5.10 Å². The molecule has 8 nitrogen and oxygen atoms in total. The summed E-state index contributed by atoms with van der Waals surface area (Å²) in [4.78, 5) is 10.6. The molecule has 0 bridgehead atoms. The molecule has 0 radical (unpaired) electrons. The summed E-state index contributed by atoms with van der Waals surface area (Å²) < 4.78 is 3.45. The van der Waals surface area contributed by atoms with Crippen LogP contribution in [-0.4, -0.2) is 46.5 Å². The van der Waals surface area contributed by atoms with Crippen molar-refractivity contribution in [1.82, 2.24) is 24.5 Å². The maximum atomic E-state index is 10.6. The van der Waals surface area contributed by atoms with Crippen molar-refractivity contribution in [2.45, 2.75) is 24.9 Å². The van der Waals surface area contributed by atoms with E-state index in [1.54, 1.807) is 15.4 Å². The van der Waals surface area contributed by atoms with E-state index in [9.17, 15) is 9.90 Å². The molecule has 0 amide bonds. The summed E-state index contributed by atoms with van der Waals surface area (Å²) in [6, 6.07) is 1.82. The number of hydrogen-bond acceptors (Lipinski definition) is 6. The van der Waals surface area contributed by atoms with Gasteiger partial charge in [0, 0.05) is 18.9 Å². The molecule has 2 aromatic rings. The Balaban J connectivity index is 2.07. The summed E-state index contributed by atoms with van der Waals surface area (Å²) >= 11 is 1.08. The van der Waals surface area contributed by atoms with Crippen LogP contribution >= 0.6 is 11.8 Å². The van der Waals surface area contributed by atoms with Crippen LogP contribution in [0.15, 0.2) is 23.6 Å². The molecule has 2 heterocycles. The highest BCUT2D eigenvalue weighted by Crippen LogP contribution is 2.17. The van der Waals surface area contributed by atoms with Crippen LogP contribution in [0, 0.1) is 0 Å².